The average Bonchev–Trinajstić information content (AvgIpc) is 3.66. The van der Waals surface area contributed by atoms with Crippen molar-refractivity contribution in [2.75, 3.05) is 0 Å². The minimum atomic E-state index is -1.74. The van der Waals surface area contributed by atoms with E-state index in [1.807, 2.05) is 39.0 Å². The molecule has 1 N–H and O–H groups in total. The number of nitrogens with zero attached hydrogens (tertiary/aromatic N) is 3. The molecule has 0 aliphatic carbocycles. The van der Waals surface area contributed by atoms with Crippen LogP contribution in [0.1, 0.15) is 137 Å². The minimum absolute atomic E-state index is 0.0946. The summed E-state index contributed by atoms with van der Waals surface area (Å²) in [5.41, 5.74) is 12.9. The van der Waals surface area contributed by atoms with Gasteiger partial charge in [-0.25, -0.2) is 4.98 Å². The second-order valence-corrected chi connectivity index (χ2v) is 23.5. The van der Waals surface area contributed by atoms with Crippen LogP contribution < -0.4 is 0 Å². The highest BCUT2D eigenvalue weighted by Gasteiger charge is 2.30. The Kier molecular flexibility index (Phi) is 10.8. The Morgan fingerprint density at radius 1 is 0.522 bits per heavy atom. The van der Waals surface area contributed by atoms with Crippen molar-refractivity contribution in [2.24, 2.45) is 5.41 Å². The summed E-state index contributed by atoms with van der Waals surface area (Å²) < 4.78 is 38.2. The normalized spacial score (nSPS) is 13.9. The van der Waals surface area contributed by atoms with Crippen molar-refractivity contribution in [3.05, 3.63) is 167 Å². The number of hydrogen-bond donors (Lipinski definition) is 1. The lowest BCUT2D eigenvalue weighted by Crippen LogP contribution is -2.17. The van der Waals surface area contributed by atoms with Crippen LogP contribution in [-0.2, 0) is 28.0 Å². The molecule has 0 atom stereocenters. The SMILES string of the molecule is [2H]c1cc(C([2H])([2H])C(C)(C)C)cc([2H])c1-c1ccnc(-c2cc(-c3cccc4c3nc(-c3cc(C(C)(C)C)cc(C(C)(C)C)c3O)n4-c3ccc(C(C)(C)C)cc3-c3ccccc3)cc(C(C)(C)C)c2)c1. The van der Waals surface area contributed by atoms with Gasteiger partial charge < -0.3 is 5.11 Å². The van der Waals surface area contributed by atoms with Crippen LogP contribution in [-0.4, -0.2) is 19.6 Å². The lowest BCUT2D eigenvalue weighted by atomic mass is 9.79. The molecule has 0 aliphatic heterocycles. The number of rotatable bonds is 7. The smallest absolute Gasteiger partial charge is 0.149 e. The first kappa shape index (κ1) is 42.1. The van der Waals surface area contributed by atoms with E-state index in [1.165, 1.54) is 5.56 Å². The third kappa shape index (κ3) is 9.91. The minimum Gasteiger partial charge on any atom is -0.507 e. The summed E-state index contributed by atoms with van der Waals surface area (Å²) in [5.74, 6) is 0.858. The van der Waals surface area contributed by atoms with Gasteiger partial charge in [-0.3, -0.25) is 9.55 Å². The van der Waals surface area contributed by atoms with E-state index in [0.717, 1.165) is 61.2 Å². The average molecular weight is 890 g/mol. The summed E-state index contributed by atoms with van der Waals surface area (Å²) in [6.07, 6.45) is -0.0136. The number of imidazole rings is 1. The molecule has 8 aromatic rings. The molecule has 67 heavy (non-hydrogen) atoms. The topological polar surface area (TPSA) is 50.9 Å². The van der Waals surface area contributed by atoms with E-state index in [0.29, 0.717) is 33.8 Å². The molecule has 0 bridgehead atoms. The van der Waals surface area contributed by atoms with Gasteiger partial charge in [0.25, 0.3) is 0 Å². The van der Waals surface area contributed by atoms with Crippen LogP contribution in [0.2, 0.25) is 0 Å². The molecule has 0 saturated heterocycles. The molecule has 0 spiro atoms. The third-order valence-electron chi connectivity index (χ3n) is 12.6. The summed E-state index contributed by atoms with van der Waals surface area (Å²) in [7, 11) is 0. The van der Waals surface area contributed by atoms with Gasteiger partial charge in [-0.15, -0.1) is 0 Å². The summed E-state index contributed by atoms with van der Waals surface area (Å²) in [6, 6.07) is 41.6. The van der Waals surface area contributed by atoms with Crippen LogP contribution in [0.4, 0.5) is 0 Å². The molecule has 344 valence electrons. The molecular formula is C63H71N3O. The van der Waals surface area contributed by atoms with Gasteiger partial charge in [-0.2, -0.15) is 0 Å². The number of aromatic hydroxyl groups is 1. The predicted octanol–water partition coefficient (Wildman–Crippen LogP) is 17.2. The van der Waals surface area contributed by atoms with Crippen LogP contribution in [0, 0.1) is 5.41 Å². The summed E-state index contributed by atoms with van der Waals surface area (Å²) >= 11 is 0. The Morgan fingerprint density at radius 3 is 1.78 bits per heavy atom. The van der Waals surface area contributed by atoms with E-state index >= 15 is 0 Å². The number of phenolic OH excluding ortho intramolecular Hbond substituents is 1. The maximum atomic E-state index is 12.6. The van der Waals surface area contributed by atoms with Gasteiger partial charge in [-0.1, -0.05) is 189 Å². The Hall–Kier alpha value is -6.26. The second kappa shape index (κ2) is 17.1. The number of phenols is 1. The Balaban J connectivity index is 1.41. The van der Waals surface area contributed by atoms with Crippen molar-refractivity contribution in [2.45, 2.75) is 132 Å². The molecule has 4 heteroatoms. The van der Waals surface area contributed by atoms with E-state index in [9.17, 15) is 5.11 Å². The Labute approximate surface area is 406 Å². The molecule has 0 saturated carbocycles. The molecule has 2 aromatic heterocycles. The molecule has 0 amide bonds. The number of hydrogen-bond acceptors (Lipinski definition) is 3. The van der Waals surface area contributed by atoms with Crippen LogP contribution in [0.3, 0.4) is 0 Å². The number of para-hydroxylation sites is 1. The van der Waals surface area contributed by atoms with Gasteiger partial charge in [0, 0.05) is 31.2 Å². The molecule has 0 unspecified atom stereocenters. The fourth-order valence-corrected chi connectivity index (χ4v) is 8.78. The highest BCUT2D eigenvalue weighted by atomic mass is 16.3. The van der Waals surface area contributed by atoms with Crippen molar-refractivity contribution in [1.82, 2.24) is 14.5 Å². The lowest BCUT2D eigenvalue weighted by molar-refractivity contribution is 0.411. The second-order valence-electron chi connectivity index (χ2n) is 23.5. The van der Waals surface area contributed by atoms with E-state index in [-0.39, 0.29) is 39.5 Å². The maximum absolute atomic E-state index is 12.6. The largest absolute Gasteiger partial charge is 0.507 e. The number of benzene rings is 6. The highest BCUT2D eigenvalue weighted by Crippen LogP contribution is 2.46. The van der Waals surface area contributed by atoms with Crippen LogP contribution >= 0.6 is 0 Å². The zero-order valence-electron chi connectivity index (χ0n) is 46.4. The molecule has 6 aromatic carbocycles. The van der Waals surface area contributed by atoms with E-state index < -0.39 is 11.8 Å². The quantitative estimate of drug-likeness (QED) is 0.173. The van der Waals surface area contributed by atoms with Gasteiger partial charge in [0.2, 0.25) is 0 Å². The molecule has 2 heterocycles. The van der Waals surface area contributed by atoms with Gasteiger partial charge in [-0.05, 0) is 126 Å². The number of pyridine rings is 1. The summed E-state index contributed by atoms with van der Waals surface area (Å²) in [4.78, 5) is 10.6. The first-order valence-electron chi connectivity index (χ1n) is 25.7. The number of fused-ring (bicyclic) bond motifs is 1. The monoisotopic (exact) mass is 890 g/mol. The van der Waals surface area contributed by atoms with Crippen molar-refractivity contribution in [3.63, 3.8) is 0 Å². The maximum Gasteiger partial charge on any atom is 0.149 e. The third-order valence-corrected chi connectivity index (χ3v) is 12.6. The standard InChI is InChI=1S/C63H71N3O/c1-59(2,3)39-40-24-26-41(27-25-40)43-30-31-64-53(35-43)45-32-44(33-47(34-45)61(7,8)9)49-22-19-23-55-56(49)65-58(51-37-48(62(10,11)12)38-52(57(51)67)63(13,14)15)66(55)54-29-28-46(60(4,5)6)36-50(54)42-20-17-16-18-21-42/h16-38,67H,39H2,1-15H3/i26D,27D,39D2. The zero-order valence-corrected chi connectivity index (χ0v) is 42.4. The summed E-state index contributed by atoms with van der Waals surface area (Å²) in [6.45, 7) is 31.9. The fourth-order valence-electron chi connectivity index (χ4n) is 8.78. The van der Waals surface area contributed by atoms with Crippen LogP contribution in [0.25, 0.3) is 72.7 Å². The molecule has 4 nitrogen and oxygen atoms in total. The van der Waals surface area contributed by atoms with Crippen molar-refractivity contribution < 1.29 is 10.6 Å². The fraction of sp³-hybridized carbons (Fsp3) is 0.333. The van der Waals surface area contributed by atoms with Crippen molar-refractivity contribution in [3.8, 4) is 67.5 Å². The van der Waals surface area contributed by atoms with Crippen LogP contribution in [0.5, 0.6) is 5.75 Å². The van der Waals surface area contributed by atoms with E-state index in [4.69, 9.17) is 15.5 Å². The highest BCUT2D eigenvalue weighted by molar-refractivity contribution is 5.98. The van der Waals surface area contributed by atoms with Gasteiger partial charge in [0.15, 0.2) is 0 Å². The van der Waals surface area contributed by atoms with Gasteiger partial charge in [0.1, 0.15) is 11.6 Å². The van der Waals surface area contributed by atoms with Gasteiger partial charge in [0.05, 0.1) is 30.7 Å². The van der Waals surface area contributed by atoms with Gasteiger partial charge >= 0.3 is 0 Å². The first-order valence-corrected chi connectivity index (χ1v) is 23.7. The first-order chi connectivity index (χ1) is 32.9. The van der Waals surface area contributed by atoms with E-state index in [2.05, 4.69) is 179 Å². The Morgan fingerprint density at radius 2 is 1.15 bits per heavy atom. The summed E-state index contributed by atoms with van der Waals surface area (Å²) in [5, 5.41) is 12.6. The predicted molar refractivity (Wildman–Crippen MR) is 286 cm³/mol. The molecule has 0 radical (unpaired) electrons. The number of aromatic nitrogens is 3. The molecular weight excluding hydrogens is 815 g/mol. The lowest BCUT2D eigenvalue weighted by Gasteiger charge is -2.28. The Bertz CT molecular complexity index is 3310. The van der Waals surface area contributed by atoms with Crippen molar-refractivity contribution in [1.29, 1.82) is 0 Å². The molecule has 8 rings (SSSR count). The van der Waals surface area contributed by atoms with Crippen molar-refractivity contribution >= 4 is 11.0 Å². The van der Waals surface area contributed by atoms with E-state index in [1.54, 1.807) is 18.3 Å². The molecule has 0 fully saturated rings. The molecule has 0 aliphatic rings. The van der Waals surface area contributed by atoms with Crippen LogP contribution in [0.15, 0.2) is 140 Å². The zero-order chi connectivity index (χ0) is 52.0.